The third-order valence-corrected chi connectivity index (χ3v) is 8.23. The smallest absolute Gasteiger partial charge is 0.225 e. The van der Waals surface area contributed by atoms with Gasteiger partial charge in [0.2, 0.25) is 5.95 Å². The van der Waals surface area contributed by atoms with E-state index in [1.807, 2.05) is 12.4 Å². The Labute approximate surface area is 175 Å². The van der Waals surface area contributed by atoms with E-state index in [-0.39, 0.29) is 0 Å². The zero-order valence-electron chi connectivity index (χ0n) is 16.7. The van der Waals surface area contributed by atoms with Crippen LogP contribution in [0.15, 0.2) is 41.0 Å². The molecule has 1 aliphatic heterocycles. The average molecular weight is 431 g/mol. The van der Waals surface area contributed by atoms with Gasteiger partial charge in [-0.2, -0.15) is 0 Å². The van der Waals surface area contributed by atoms with Crippen molar-refractivity contribution in [2.24, 2.45) is 0 Å². The molecular formula is C20H26N6OS2. The van der Waals surface area contributed by atoms with Gasteiger partial charge in [-0.3, -0.25) is 4.90 Å². The number of thiazole rings is 1. The predicted molar refractivity (Wildman–Crippen MR) is 118 cm³/mol. The van der Waals surface area contributed by atoms with Crippen molar-refractivity contribution in [2.75, 3.05) is 36.8 Å². The summed E-state index contributed by atoms with van der Waals surface area (Å²) in [6.07, 6.45) is 3.83. The van der Waals surface area contributed by atoms with E-state index >= 15 is 0 Å². The first kappa shape index (κ1) is 20.2. The molecular weight excluding hydrogens is 404 g/mol. The van der Waals surface area contributed by atoms with Crippen molar-refractivity contribution in [1.29, 1.82) is 4.78 Å². The summed E-state index contributed by atoms with van der Waals surface area (Å²) in [6.45, 7) is 7.70. The lowest BCUT2D eigenvalue weighted by molar-refractivity contribution is 0.198. The van der Waals surface area contributed by atoms with Gasteiger partial charge in [-0.05, 0) is 31.0 Å². The summed E-state index contributed by atoms with van der Waals surface area (Å²) >= 11 is 1.67. The zero-order valence-corrected chi connectivity index (χ0v) is 18.4. The van der Waals surface area contributed by atoms with Crippen LogP contribution in [0.4, 0.5) is 5.95 Å². The summed E-state index contributed by atoms with van der Waals surface area (Å²) in [7, 11) is -2.78. The number of nitrogens with one attached hydrogen (secondary N) is 1. The number of hydrogen-bond donors (Lipinski definition) is 1. The molecule has 9 heteroatoms. The molecule has 1 aromatic carbocycles. The second-order valence-corrected chi connectivity index (χ2v) is 10.5. The van der Waals surface area contributed by atoms with E-state index < -0.39 is 9.73 Å². The topological polar surface area (TPSA) is 86.1 Å². The van der Waals surface area contributed by atoms with E-state index in [1.54, 1.807) is 23.7 Å². The maximum atomic E-state index is 12.4. The maximum absolute atomic E-state index is 12.4. The summed E-state index contributed by atoms with van der Waals surface area (Å²) in [5, 5.41) is 0. The highest BCUT2D eigenvalue weighted by Crippen LogP contribution is 2.27. The van der Waals surface area contributed by atoms with Crippen molar-refractivity contribution in [3.8, 4) is 0 Å². The van der Waals surface area contributed by atoms with Crippen LogP contribution in [-0.4, -0.2) is 56.0 Å². The van der Waals surface area contributed by atoms with Crippen molar-refractivity contribution in [3.05, 3.63) is 41.7 Å². The van der Waals surface area contributed by atoms with E-state index in [9.17, 15) is 4.21 Å². The largest absolute Gasteiger partial charge is 0.338 e. The van der Waals surface area contributed by atoms with Crippen LogP contribution >= 0.6 is 11.3 Å². The Hall–Kier alpha value is -2.10. The molecule has 3 aromatic rings. The Kier molecular flexibility index (Phi) is 5.80. The molecule has 7 nitrogen and oxygen atoms in total. The molecule has 0 spiro atoms. The van der Waals surface area contributed by atoms with E-state index in [4.69, 9.17) is 4.78 Å². The van der Waals surface area contributed by atoms with Crippen LogP contribution in [0.5, 0.6) is 0 Å². The summed E-state index contributed by atoms with van der Waals surface area (Å²) in [6, 6.07) is 6.88. The number of benzene rings is 1. The number of nitrogens with zero attached hydrogens (tertiary/aromatic N) is 5. The number of fused-ring (bicyclic) bond motifs is 1. The number of piperazine rings is 1. The first-order valence-corrected chi connectivity index (χ1v) is 12.5. The monoisotopic (exact) mass is 430 g/mol. The Balaban J connectivity index is 1.40. The highest BCUT2D eigenvalue weighted by molar-refractivity contribution is 7.92. The first-order chi connectivity index (χ1) is 14.0. The van der Waals surface area contributed by atoms with Crippen molar-refractivity contribution in [3.63, 3.8) is 0 Å². The van der Waals surface area contributed by atoms with E-state index in [0.29, 0.717) is 29.1 Å². The molecule has 1 saturated heterocycles. The fraction of sp³-hybridized carbons (Fsp3) is 0.450. The number of anilines is 1. The van der Waals surface area contributed by atoms with Crippen LogP contribution in [0.25, 0.3) is 10.2 Å². The zero-order chi connectivity index (χ0) is 20.4. The molecule has 0 radical (unpaired) electrons. The van der Waals surface area contributed by atoms with Crippen LogP contribution in [0.1, 0.15) is 31.9 Å². The van der Waals surface area contributed by atoms with Crippen LogP contribution in [0, 0.1) is 4.78 Å². The summed E-state index contributed by atoms with van der Waals surface area (Å²) in [5.74, 6) is 0.996. The highest BCUT2D eigenvalue weighted by atomic mass is 32.2. The van der Waals surface area contributed by atoms with Gasteiger partial charge >= 0.3 is 0 Å². The first-order valence-electron chi connectivity index (χ1n) is 9.88. The molecule has 3 heterocycles. The Morgan fingerprint density at radius 3 is 2.59 bits per heavy atom. The van der Waals surface area contributed by atoms with E-state index in [1.165, 1.54) is 10.3 Å². The molecule has 2 atom stereocenters. The predicted octanol–water partition coefficient (Wildman–Crippen LogP) is 3.79. The lowest BCUT2D eigenvalue weighted by atomic mass is 10.1. The molecule has 1 fully saturated rings. The van der Waals surface area contributed by atoms with Crippen LogP contribution in [0.3, 0.4) is 0 Å². The number of aromatic nitrogens is 3. The molecule has 1 aliphatic rings. The van der Waals surface area contributed by atoms with Gasteiger partial charge in [-0.1, -0.05) is 13.0 Å². The fourth-order valence-electron chi connectivity index (χ4n) is 3.70. The number of hydrogen-bond acceptors (Lipinski definition) is 8. The molecule has 154 valence electrons. The van der Waals surface area contributed by atoms with Gasteiger partial charge in [0.05, 0.1) is 30.4 Å². The van der Waals surface area contributed by atoms with Gasteiger partial charge in [0.1, 0.15) is 0 Å². The highest BCUT2D eigenvalue weighted by Gasteiger charge is 2.24. The molecule has 2 unspecified atom stereocenters. The molecule has 0 aliphatic carbocycles. The minimum absolute atomic E-state index is 0.327. The van der Waals surface area contributed by atoms with E-state index in [0.717, 1.165) is 31.7 Å². The van der Waals surface area contributed by atoms with E-state index in [2.05, 4.69) is 49.9 Å². The Morgan fingerprint density at radius 2 is 1.90 bits per heavy atom. The van der Waals surface area contributed by atoms with Crippen molar-refractivity contribution >= 4 is 37.2 Å². The lowest BCUT2D eigenvalue weighted by Gasteiger charge is -2.38. The maximum Gasteiger partial charge on any atom is 0.225 e. The molecule has 0 amide bonds. The van der Waals surface area contributed by atoms with Crippen molar-refractivity contribution in [1.82, 2.24) is 19.9 Å². The molecule has 0 saturated carbocycles. The van der Waals surface area contributed by atoms with Crippen LogP contribution in [-0.2, 0) is 9.73 Å². The SMILES string of the molecule is CCCS(=N)(=O)c1cnc(N2CCN(C(C)c3ccc4scnc4c3)CC2)nc1. The second-order valence-electron chi connectivity index (χ2n) is 7.38. The van der Waals surface area contributed by atoms with Crippen LogP contribution < -0.4 is 4.90 Å². The number of rotatable bonds is 6. The van der Waals surface area contributed by atoms with Gasteiger partial charge < -0.3 is 4.90 Å². The normalized spacial score (nSPS) is 18.6. The van der Waals surface area contributed by atoms with Gasteiger partial charge in [-0.15, -0.1) is 11.3 Å². The summed E-state index contributed by atoms with van der Waals surface area (Å²) in [5.41, 5.74) is 4.25. The Bertz CT molecular complexity index is 1070. The van der Waals surface area contributed by atoms with Crippen LogP contribution in [0.2, 0.25) is 0 Å². The molecule has 29 heavy (non-hydrogen) atoms. The average Bonchev–Trinajstić information content (AvgIpc) is 3.21. The third-order valence-electron chi connectivity index (χ3n) is 5.47. The fourth-order valence-corrected chi connectivity index (χ4v) is 5.62. The molecule has 4 rings (SSSR count). The van der Waals surface area contributed by atoms with Gasteiger partial charge in [0.15, 0.2) is 0 Å². The third kappa shape index (κ3) is 4.26. The second kappa shape index (κ2) is 8.33. The van der Waals surface area contributed by atoms with Gasteiger partial charge in [-0.25, -0.2) is 23.9 Å². The van der Waals surface area contributed by atoms with Crippen molar-refractivity contribution < 1.29 is 4.21 Å². The summed E-state index contributed by atoms with van der Waals surface area (Å²) < 4.78 is 21.6. The van der Waals surface area contributed by atoms with Gasteiger partial charge in [0.25, 0.3) is 0 Å². The quantitative estimate of drug-likeness (QED) is 0.640. The van der Waals surface area contributed by atoms with Crippen molar-refractivity contribution in [2.45, 2.75) is 31.2 Å². The lowest BCUT2D eigenvalue weighted by Crippen LogP contribution is -2.47. The molecule has 0 bridgehead atoms. The minimum atomic E-state index is -2.78. The Morgan fingerprint density at radius 1 is 1.17 bits per heavy atom. The molecule has 2 aromatic heterocycles. The molecule has 1 N–H and O–H groups in total. The standard InChI is InChI=1S/C20H26N6OS2/c1-3-10-29(21,27)17-12-22-20(23-13-17)26-8-6-25(7-9-26)15(2)16-4-5-19-18(11-16)24-14-28-19/h4-5,11-15,21H,3,6-10H2,1-2H3. The minimum Gasteiger partial charge on any atom is -0.338 e. The van der Waals surface area contributed by atoms with Gasteiger partial charge in [0, 0.05) is 50.4 Å². The summed E-state index contributed by atoms with van der Waals surface area (Å²) in [4.78, 5) is 18.3.